The Hall–Kier alpha value is -0.480. The van der Waals surface area contributed by atoms with Crippen LogP contribution in [0.4, 0.5) is 0 Å². The minimum Gasteiger partial charge on any atom is -0.338 e. The van der Waals surface area contributed by atoms with Gasteiger partial charge in [0, 0.05) is 19.1 Å². The molecule has 0 atom stereocenters. The molecule has 0 spiro atoms. The van der Waals surface area contributed by atoms with Gasteiger partial charge in [0.05, 0.1) is 15.6 Å². The number of carbonyl (C=O) groups excluding carboxylic acids is 1. The van der Waals surface area contributed by atoms with E-state index >= 15 is 0 Å². The summed E-state index contributed by atoms with van der Waals surface area (Å²) in [5.74, 6) is -0.104. The molecule has 6 heteroatoms. The summed E-state index contributed by atoms with van der Waals surface area (Å²) >= 11 is 12.0. The first-order valence-corrected chi connectivity index (χ1v) is 6.34. The minimum atomic E-state index is -0.104. The summed E-state index contributed by atoms with van der Waals surface area (Å²) in [5.41, 5.74) is 6.20. The summed E-state index contributed by atoms with van der Waals surface area (Å²) in [6.45, 7) is 1.34. The van der Waals surface area contributed by atoms with Crippen LogP contribution in [0.3, 0.4) is 0 Å². The molecule has 1 aromatic rings. The molecule has 0 radical (unpaired) electrons. The number of amides is 1. The van der Waals surface area contributed by atoms with Crippen LogP contribution in [0.15, 0.2) is 18.2 Å². The molecule has 0 bridgehead atoms. The number of nitrogens with zero attached hydrogens (tertiary/aromatic N) is 1. The normalized spacial score (nSPS) is 16.3. The second-order valence-electron chi connectivity index (χ2n) is 4.23. The van der Waals surface area contributed by atoms with Gasteiger partial charge in [-0.1, -0.05) is 29.3 Å². The highest BCUT2D eigenvalue weighted by Crippen LogP contribution is 2.26. The number of likely N-dealkylation sites (tertiary alicyclic amines) is 1. The average molecular weight is 310 g/mol. The van der Waals surface area contributed by atoms with E-state index in [0.29, 0.717) is 28.7 Å². The van der Waals surface area contributed by atoms with Crippen LogP contribution in [0.1, 0.15) is 23.2 Å². The van der Waals surface area contributed by atoms with E-state index < -0.39 is 0 Å². The fraction of sp³-hybridized carbons (Fsp3) is 0.417. The van der Waals surface area contributed by atoms with Crippen molar-refractivity contribution in [1.82, 2.24) is 4.90 Å². The van der Waals surface area contributed by atoms with E-state index in [2.05, 4.69) is 0 Å². The number of carbonyl (C=O) groups is 1. The molecule has 18 heavy (non-hydrogen) atoms. The summed E-state index contributed by atoms with van der Waals surface area (Å²) in [5, 5.41) is 0.801. The van der Waals surface area contributed by atoms with Crippen LogP contribution >= 0.6 is 35.6 Å². The zero-order valence-electron chi connectivity index (χ0n) is 9.73. The highest BCUT2D eigenvalue weighted by Gasteiger charge is 2.24. The first-order valence-electron chi connectivity index (χ1n) is 5.58. The smallest absolute Gasteiger partial charge is 0.256 e. The minimum absolute atomic E-state index is 0. The zero-order valence-corrected chi connectivity index (χ0v) is 12.1. The van der Waals surface area contributed by atoms with Crippen molar-refractivity contribution in [3.63, 3.8) is 0 Å². The monoisotopic (exact) mass is 308 g/mol. The van der Waals surface area contributed by atoms with E-state index in [-0.39, 0.29) is 24.4 Å². The molecular formula is C12H15Cl3N2O. The van der Waals surface area contributed by atoms with Crippen molar-refractivity contribution in [2.45, 2.75) is 18.9 Å². The van der Waals surface area contributed by atoms with Gasteiger partial charge in [-0.05, 0) is 25.0 Å². The number of piperidine rings is 1. The molecule has 1 aliphatic heterocycles. The summed E-state index contributed by atoms with van der Waals surface area (Å²) < 4.78 is 0. The first-order chi connectivity index (χ1) is 8.09. The van der Waals surface area contributed by atoms with E-state index in [1.54, 1.807) is 23.1 Å². The zero-order chi connectivity index (χ0) is 12.4. The lowest BCUT2D eigenvalue weighted by Gasteiger charge is -2.30. The number of hydrogen-bond donors (Lipinski definition) is 1. The van der Waals surface area contributed by atoms with Crippen molar-refractivity contribution in [2.75, 3.05) is 13.1 Å². The third kappa shape index (κ3) is 3.29. The van der Waals surface area contributed by atoms with Gasteiger partial charge in [-0.3, -0.25) is 4.79 Å². The Balaban J connectivity index is 0.00000162. The van der Waals surface area contributed by atoms with Crippen LogP contribution < -0.4 is 5.73 Å². The third-order valence-electron chi connectivity index (χ3n) is 3.00. The molecule has 1 fully saturated rings. The number of hydrogen-bond acceptors (Lipinski definition) is 2. The van der Waals surface area contributed by atoms with Gasteiger partial charge in [-0.2, -0.15) is 0 Å². The van der Waals surface area contributed by atoms with E-state index in [0.717, 1.165) is 12.8 Å². The van der Waals surface area contributed by atoms with Crippen LogP contribution in [0.25, 0.3) is 0 Å². The predicted molar refractivity (Wildman–Crippen MR) is 76.8 cm³/mol. The number of nitrogens with two attached hydrogens (primary N) is 1. The number of benzene rings is 1. The Morgan fingerprint density at radius 3 is 2.22 bits per heavy atom. The van der Waals surface area contributed by atoms with E-state index in [4.69, 9.17) is 28.9 Å². The van der Waals surface area contributed by atoms with Crippen molar-refractivity contribution in [2.24, 2.45) is 5.73 Å². The van der Waals surface area contributed by atoms with Crippen molar-refractivity contribution < 1.29 is 4.79 Å². The summed E-state index contributed by atoms with van der Waals surface area (Å²) in [6, 6.07) is 5.28. The van der Waals surface area contributed by atoms with Gasteiger partial charge in [0.1, 0.15) is 0 Å². The van der Waals surface area contributed by atoms with Gasteiger partial charge in [0.2, 0.25) is 0 Å². The van der Waals surface area contributed by atoms with E-state index in [9.17, 15) is 4.79 Å². The van der Waals surface area contributed by atoms with Gasteiger partial charge >= 0.3 is 0 Å². The van der Waals surface area contributed by atoms with Gasteiger partial charge in [0.15, 0.2) is 0 Å². The van der Waals surface area contributed by atoms with Crippen LogP contribution in [-0.4, -0.2) is 29.9 Å². The lowest BCUT2D eigenvalue weighted by molar-refractivity contribution is 0.0715. The molecule has 1 amide bonds. The Morgan fingerprint density at radius 2 is 1.72 bits per heavy atom. The lowest BCUT2D eigenvalue weighted by atomic mass is 10.0. The van der Waals surface area contributed by atoms with Gasteiger partial charge in [-0.25, -0.2) is 0 Å². The van der Waals surface area contributed by atoms with Crippen molar-refractivity contribution >= 4 is 41.5 Å². The first kappa shape index (κ1) is 15.6. The maximum absolute atomic E-state index is 12.3. The highest BCUT2D eigenvalue weighted by molar-refractivity contribution is 6.39. The Morgan fingerprint density at radius 1 is 1.22 bits per heavy atom. The van der Waals surface area contributed by atoms with Gasteiger partial charge in [-0.15, -0.1) is 12.4 Å². The fourth-order valence-electron chi connectivity index (χ4n) is 1.96. The molecule has 0 saturated carbocycles. The summed E-state index contributed by atoms with van der Waals surface area (Å²) in [7, 11) is 0. The SMILES string of the molecule is Cl.NC1CCN(C(=O)c2c(Cl)cccc2Cl)CC1. The second kappa shape index (κ2) is 6.62. The molecule has 3 nitrogen and oxygen atoms in total. The fourth-order valence-corrected chi connectivity index (χ4v) is 2.52. The molecule has 0 unspecified atom stereocenters. The molecule has 0 aliphatic carbocycles. The summed E-state index contributed by atoms with van der Waals surface area (Å²) in [4.78, 5) is 14.0. The average Bonchev–Trinajstić information content (AvgIpc) is 2.29. The van der Waals surface area contributed by atoms with Crippen LogP contribution in [0.2, 0.25) is 10.0 Å². The molecule has 2 rings (SSSR count). The molecule has 2 N–H and O–H groups in total. The number of rotatable bonds is 1. The van der Waals surface area contributed by atoms with Gasteiger partial charge in [0.25, 0.3) is 5.91 Å². The number of halogens is 3. The molecule has 1 heterocycles. The quantitative estimate of drug-likeness (QED) is 0.867. The predicted octanol–water partition coefficient (Wildman–Crippen LogP) is 2.98. The molecular weight excluding hydrogens is 295 g/mol. The van der Waals surface area contributed by atoms with E-state index in [1.165, 1.54) is 0 Å². The van der Waals surface area contributed by atoms with Crippen molar-refractivity contribution in [3.8, 4) is 0 Å². The molecule has 1 aliphatic rings. The molecule has 1 aromatic carbocycles. The Bertz CT molecular complexity index is 411. The lowest BCUT2D eigenvalue weighted by Crippen LogP contribution is -2.43. The Kier molecular flexibility index (Phi) is 5.73. The van der Waals surface area contributed by atoms with Gasteiger partial charge < -0.3 is 10.6 Å². The maximum atomic E-state index is 12.3. The van der Waals surface area contributed by atoms with Crippen molar-refractivity contribution in [3.05, 3.63) is 33.8 Å². The van der Waals surface area contributed by atoms with E-state index in [1.807, 2.05) is 0 Å². The topological polar surface area (TPSA) is 46.3 Å². The molecule has 1 saturated heterocycles. The summed E-state index contributed by atoms with van der Waals surface area (Å²) in [6.07, 6.45) is 1.65. The maximum Gasteiger partial charge on any atom is 0.256 e. The van der Waals surface area contributed by atoms with Crippen LogP contribution in [0.5, 0.6) is 0 Å². The highest BCUT2D eigenvalue weighted by atomic mass is 35.5. The van der Waals surface area contributed by atoms with Crippen molar-refractivity contribution in [1.29, 1.82) is 0 Å². The Labute approximate surface area is 123 Å². The van der Waals surface area contributed by atoms with Crippen LogP contribution in [-0.2, 0) is 0 Å². The second-order valence-corrected chi connectivity index (χ2v) is 5.04. The van der Waals surface area contributed by atoms with Crippen LogP contribution in [0, 0.1) is 0 Å². The third-order valence-corrected chi connectivity index (χ3v) is 3.63. The standard InChI is InChI=1S/C12H14Cl2N2O.ClH/c13-9-2-1-3-10(14)11(9)12(17)16-6-4-8(15)5-7-16;/h1-3,8H,4-7,15H2;1H. The largest absolute Gasteiger partial charge is 0.338 e. The molecule has 100 valence electrons. The molecule has 0 aromatic heterocycles.